The van der Waals surface area contributed by atoms with Crippen molar-refractivity contribution in [3.8, 4) is 0 Å². The second kappa shape index (κ2) is 12.1. The first-order chi connectivity index (χ1) is 9.15. The van der Waals surface area contributed by atoms with Gasteiger partial charge in [-0.3, -0.25) is 9.59 Å². The molecule has 0 N–H and O–H groups in total. The zero-order valence-corrected chi connectivity index (χ0v) is 12.3. The van der Waals surface area contributed by atoms with Crippen LogP contribution in [0.2, 0.25) is 0 Å². The Kier molecular flexibility index (Phi) is 11.5. The molecule has 0 spiro atoms. The number of carbonyl (C=O) groups is 2. The average Bonchev–Trinajstić information content (AvgIpc) is 2.37. The lowest BCUT2D eigenvalue weighted by Gasteiger charge is -2.17. The van der Waals surface area contributed by atoms with Gasteiger partial charge >= 0.3 is 5.97 Å². The van der Waals surface area contributed by atoms with Gasteiger partial charge in [-0.25, -0.2) is 0 Å². The van der Waals surface area contributed by atoms with Gasteiger partial charge < -0.3 is 14.2 Å². The summed E-state index contributed by atoms with van der Waals surface area (Å²) >= 11 is 0. The number of rotatable bonds is 12. The molecule has 5 heteroatoms. The predicted molar refractivity (Wildman–Crippen MR) is 71.8 cm³/mol. The van der Waals surface area contributed by atoms with Gasteiger partial charge in [0.05, 0.1) is 19.8 Å². The van der Waals surface area contributed by atoms with Crippen LogP contribution in [0.1, 0.15) is 52.9 Å². The van der Waals surface area contributed by atoms with Crippen molar-refractivity contribution in [2.75, 3.05) is 19.8 Å². The number of carbonyl (C=O) groups excluding carboxylic acids is 2. The largest absolute Gasteiger partial charge is 0.466 e. The van der Waals surface area contributed by atoms with E-state index in [1.165, 1.54) is 0 Å². The number of unbranched alkanes of at least 4 members (excludes halogenated alkanes) is 2. The molecule has 0 bridgehead atoms. The highest BCUT2D eigenvalue weighted by Gasteiger charge is 2.22. The predicted octanol–water partition coefficient (Wildman–Crippen LogP) is 2.47. The molecule has 0 aliphatic heterocycles. The summed E-state index contributed by atoms with van der Waals surface area (Å²) in [7, 11) is 0. The van der Waals surface area contributed by atoms with Crippen molar-refractivity contribution in [2.24, 2.45) is 0 Å². The van der Waals surface area contributed by atoms with Crippen LogP contribution in [0.3, 0.4) is 0 Å². The molecule has 0 saturated heterocycles. The summed E-state index contributed by atoms with van der Waals surface area (Å²) in [5.74, 6) is -0.902. The van der Waals surface area contributed by atoms with Crippen LogP contribution in [-0.4, -0.2) is 37.9 Å². The fourth-order valence-electron chi connectivity index (χ4n) is 1.34. The zero-order valence-electron chi connectivity index (χ0n) is 12.3. The van der Waals surface area contributed by atoms with Crippen molar-refractivity contribution in [3.63, 3.8) is 0 Å². The lowest BCUT2D eigenvalue weighted by Crippen LogP contribution is -2.30. The van der Waals surface area contributed by atoms with Crippen LogP contribution in [0.4, 0.5) is 0 Å². The Morgan fingerprint density at radius 3 is 1.89 bits per heavy atom. The maximum absolute atomic E-state index is 11.9. The Labute approximate surface area is 115 Å². The first-order valence-electron chi connectivity index (χ1n) is 7.07. The third kappa shape index (κ3) is 9.62. The summed E-state index contributed by atoms with van der Waals surface area (Å²) < 4.78 is 15.5. The molecular weight excluding hydrogens is 248 g/mol. The second-order valence-corrected chi connectivity index (χ2v) is 4.23. The van der Waals surface area contributed by atoms with E-state index < -0.39 is 12.3 Å². The van der Waals surface area contributed by atoms with Gasteiger partial charge in [0.2, 0.25) is 6.29 Å². The van der Waals surface area contributed by atoms with E-state index in [0.717, 1.165) is 25.7 Å². The second-order valence-electron chi connectivity index (χ2n) is 4.23. The van der Waals surface area contributed by atoms with E-state index in [0.29, 0.717) is 13.2 Å². The molecule has 19 heavy (non-hydrogen) atoms. The quantitative estimate of drug-likeness (QED) is 0.237. The van der Waals surface area contributed by atoms with Crippen molar-refractivity contribution in [1.82, 2.24) is 0 Å². The Morgan fingerprint density at radius 2 is 1.47 bits per heavy atom. The van der Waals surface area contributed by atoms with Gasteiger partial charge in [-0.2, -0.15) is 0 Å². The van der Waals surface area contributed by atoms with Gasteiger partial charge in [-0.1, -0.05) is 26.7 Å². The Bertz CT molecular complexity index is 242. The van der Waals surface area contributed by atoms with E-state index in [1.807, 2.05) is 13.8 Å². The summed E-state index contributed by atoms with van der Waals surface area (Å²) in [6, 6.07) is 0. The Hall–Kier alpha value is -0.940. The summed E-state index contributed by atoms with van der Waals surface area (Å²) in [4.78, 5) is 23.1. The number of hydrogen-bond acceptors (Lipinski definition) is 5. The smallest absolute Gasteiger partial charge is 0.313 e. The van der Waals surface area contributed by atoms with Crippen molar-refractivity contribution in [2.45, 2.75) is 59.2 Å². The van der Waals surface area contributed by atoms with E-state index >= 15 is 0 Å². The monoisotopic (exact) mass is 274 g/mol. The standard InChI is InChI=1S/C14H26O5/c1-4-7-9-18-14(19-10-8-5-2)12(15)11-13(16)17-6-3/h14H,4-11H2,1-3H3. The zero-order chi connectivity index (χ0) is 14.5. The molecule has 0 aromatic carbocycles. The highest BCUT2D eigenvalue weighted by Crippen LogP contribution is 2.05. The molecule has 0 aliphatic carbocycles. The minimum absolute atomic E-state index is 0.268. The molecule has 5 nitrogen and oxygen atoms in total. The van der Waals surface area contributed by atoms with E-state index in [2.05, 4.69) is 0 Å². The third-order valence-corrected chi connectivity index (χ3v) is 2.42. The van der Waals surface area contributed by atoms with E-state index in [-0.39, 0.29) is 18.8 Å². The molecule has 0 heterocycles. The average molecular weight is 274 g/mol. The highest BCUT2D eigenvalue weighted by atomic mass is 16.7. The van der Waals surface area contributed by atoms with Gasteiger partial charge in [0.15, 0.2) is 5.78 Å². The number of Topliss-reactive ketones (excluding diaryl/α,β-unsaturated/α-hetero) is 1. The lowest BCUT2D eigenvalue weighted by atomic mass is 10.2. The minimum atomic E-state index is -0.942. The van der Waals surface area contributed by atoms with E-state index in [4.69, 9.17) is 14.2 Å². The molecule has 0 fully saturated rings. The van der Waals surface area contributed by atoms with Crippen LogP contribution >= 0.6 is 0 Å². The Balaban J connectivity index is 4.18. The van der Waals surface area contributed by atoms with Gasteiger partial charge in [-0.05, 0) is 19.8 Å². The molecule has 0 aromatic heterocycles. The maximum Gasteiger partial charge on any atom is 0.313 e. The SMILES string of the molecule is CCCCOC(OCCCC)C(=O)CC(=O)OCC. The first-order valence-corrected chi connectivity index (χ1v) is 7.07. The molecule has 0 amide bonds. The molecule has 0 atom stereocenters. The van der Waals surface area contributed by atoms with Gasteiger partial charge in [0.25, 0.3) is 0 Å². The molecule has 0 radical (unpaired) electrons. The van der Waals surface area contributed by atoms with E-state index in [9.17, 15) is 9.59 Å². The fourth-order valence-corrected chi connectivity index (χ4v) is 1.34. The lowest BCUT2D eigenvalue weighted by molar-refractivity contribution is -0.174. The summed E-state index contributed by atoms with van der Waals surface area (Å²) in [5.41, 5.74) is 0. The summed E-state index contributed by atoms with van der Waals surface area (Å²) in [6.07, 6.45) is 2.45. The molecule has 0 saturated carbocycles. The third-order valence-electron chi connectivity index (χ3n) is 2.42. The summed E-state index contributed by atoms with van der Waals surface area (Å²) in [5, 5.41) is 0. The molecule has 0 aromatic rings. The van der Waals surface area contributed by atoms with Crippen LogP contribution in [0.5, 0.6) is 0 Å². The van der Waals surface area contributed by atoms with Crippen LogP contribution in [-0.2, 0) is 23.8 Å². The van der Waals surface area contributed by atoms with Crippen LogP contribution in [0.15, 0.2) is 0 Å². The number of ether oxygens (including phenoxy) is 3. The van der Waals surface area contributed by atoms with Crippen LogP contribution < -0.4 is 0 Å². The number of ketones is 1. The molecular formula is C14H26O5. The normalized spacial score (nSPS) is 10.7. The van der Waals surface area contributed by atoms with Crippen LogP contribution in [0.25, 0.3) is 0 Å². The van der Waals surface area contributed by atoms with Crippen molar-refractivity contribution in [1.29, 1.82) is 0 Å². The number of esters is 1. The van der Waals surface area contributed by atoms with Crippen LogP contribution in [0, 0.1) is 0 Å². The molecule has 112 valence electrons. The van der Waals surface area contributed by atoms with Crippen molar-refractivity contribution < 1.29 is 23.8 Å². The topological polar surface area (TPSA) is 61.8 Å². The molecule has 0 unspecified atom stereocenters. The molecule has 0 rings (SSSR count). The van der Waals surface area contributed by atoms with E-state index in [1.54, 1.807) is 6.92 Å². The highest BCUT2D eigenvalue weighted by molar-refractivity contribution is 5.97. The fraction of sp³-hybridized carbons (Fsp3) is 0.857. The number of hydrogen-bond donors (Lipinski definition) is 0. The van der Waals surface area contributed by atoms with Crippen molar-refractivity contribution >= 4 is 11.8 Å². The van der Waals surface area contributed by atoms with Gasteiger partial charge in [-0.15, -0.1) is 0 Å². The maximum atomic E-state index is 11.9. The summed E-state index contributed by atoms with van der Waals surface area (Å²) in [6.45, 7) is 6.97. The molecule has 0 aliphatic rings. The van der Waals surface area contributed by atoms with Gasteiger partial charge in [0, 0.05) is 0 Å². The van der Waals surface area contributed by atoms with Crippen molar-refractivity contribution in [3.05, 3.63) is 0 Å². The minimum Gasteiger partial charge on any atom is -0.466 e. The van der Waals surface area contributed by atoms with Gasteiger partial charge in [0.1, 0.15) is 6.42 Å². The first kappa shape index (κ1) is 18.1. The Morgan fingerprint density at radius 1 is 0.947 bits per heavy atom.